The molecular weight excluding hydrogens is 558 g/mol. The Morgan fingerprint density at radius 3 is 2.36 bits per heavy atom. The summed E-state index contributed by atoms with van der Waals surface area (Å²) in [4.78, 5) is 21.5. The lowest BCUT2D eigenvalue weighted by atomic mass is 10.0. The number of piperazine rings is 1. The van der Waals surface area contributed by atoms with Crippen LogP contribution in [-0.2, 0) is 4.74 Å². The Kier molecular flexibility index (Phi) is 9.72. The minimum atomic E-state index is -1.34. The first-order valence-electron chi connectivity index (χ1n) is 15.7. The first-order valence-corrected chi connectivity index (χ1v) is 15.7. The van der Waals surface area contributed by atoms with Gasteiger partial charge in [0.1, 0.15) is 23.4 Å². The van der Waals surface area contributed by atoms with Crippen LogP contribution in [0.1, 0.15) is 37.6 Å². The van der Waals surface area contributed by atoms with Crippen LogP contribution in [0.5, 0.6) is 5.75 Å². The van der Waals surface area contributed by atoms with E-state index >= 15 is 0 Å². The van der Waals surface area contributed by atoms with Gasteiger partial charge in [-0.25, -0.2) is 9.97 Å². The van der Waals surface area contributed by atoms with Gasteiger partial charge in [0.15, 0.2) is 11.6 Å². The minimum absolute atomic E-state index is 0.172. The van der Waals surface area contributed by atoms with Crippen LogP contribution in [0, 0.1) is 0 Å². The van der Waals surface area contributed by atoms with Gasteiger partial charge in [-0.15, -0.1) is 0 Å². The third kappa shape index (κ3) is 7.05. The number of aromatic nitrogens is 3. The highest BCUT2D eigenvalue weighted by Crippen LogP contribution is 2.36. The Labute approximate surface area is 259 Å². The SMILES string of the molecule is COc1cnccc1-c1nc(C(N)O)c(Nc2ccc(N3CCC(N4CCN(C)CC4)CC3)cc2)nc1NC1CCOCC1. The van der Waals surface area contributed by atoms with Crippen LogP contribution in [0.2, 0.25) is 0 Å². The third-order valence-corrected chi connectivity index (χ3v) is 9.04. The number of hydrogen-bond donors (Lipinski definition) is 4. The van der Waals surface area contributed by atoms with E-state index in [1.54, 1.807) is 19.5 Å². The lowest BCUT2D eigenvalue weighted by Crippen LogP contribution is -2.52. The molecule has 3 aliphatic heterocycles. The van der Waals surface area contributed by atoms with Gasteiger partial charge >= 0.3 is 0 Å². The summed E-state index contributed by atoms with van der Waals surface area (Å²) in [6.07, 6.45) is 6.06. The number of nitrogens with one attached hydrogen (secondary N) is 2. The first-order chi connectivity index (χ1) is 21.5. The summed E-state index contributed by atoms with van der Waals surface area (Å²) in [6.45, 7) is 8.15. The van der Waals surface area contributed by atoms with E-state index in [1.807, 2.05) is 18.2 Å². The monoisotopic (exact) mass is 603 g/mol. The maximum atomic E-state index is 10.6. The van der Waals surface area contributed by atoms with Crippen LogP contribution in [0.15, 0.2) is 42.7 Å². The molecule has 12 heteroatoms. The van der Waals surface area contributed by atoms with Crippen LogP contribution in [0.3, 0.4) is 0 Å². The molecule has 3 fully saturated rings. The zero-order chi connectivity index (χ0) is 30.5. The summed E-state index contributed by atoms with van der Waals surface area (Å²) in [5, 5.41) is 17.5. The summed E-state index contributed by atoms with van der Waals surface area (Å²) in [5.74, 6) is 1.53. The molecule has 5 heterocycles. The van der Waals surface area contributed by atoms with E-state index in [1.165, 1.54) is 31.6 Å². The average Bonchev–Trinajstić information content (AvgIpc) is 3.06. The molecule has 3 saturated heterocycles. The van der Waals surface area contributed by atoms with E-state index in [4.69, 9.17) is 25.2 Å². The minimum Gasteiger partial charge on any atom is -0.494 e. The van der Waals surface area contributed by atoms with Crippen molar-refractivity contribution in [1.29, 1.82) is 0 Å². The van der Waals surface area contributed by atoms with Crippen LogP contribution in [0.25, 0.3) is 11.3 Å². The number of piperidine rings is 1. The van der Waals surface area contributed by atoms with Crippen molar-refractivity contribution in [3.8, 4) is 17.0 Å². The predicted octanol–water partition coefficient (Wildman–Crippen LogP) is 3.05. The fourth-order valence-corrected chi connectivity index (χ4v) is 6.38. The lowest BCUT2D eigenvalue weighted by Gasteiger charge is -2.42. The quantitative estimate of drug-likeness (QED) is 0.268. The largest absolute Gasteiger partial charge is 0.494 e. The fraction of sp³-hybridized carbons (Fsp3) is 0.531. The lowest BCUT2D eigenvalue weighted by molar-refractivity contribution is 0.0904. The van der Waals surface area contributed by atoms with Crippen molar-refractivity contribution < 1.29 is 14.6 Å². The number of rotatable bonds is 9. The number of nitrogens with zero attached hydrogens (tertiary/aromatic N) is 6. The molecule has 1 unspecified atom stereocenters. The van der Waals surface area contributed by atoms with E-state index in [2.05, 4.69) is 49.5 Å². The Morgan fingerprint density at radius 1 is 0.955 bits per heavy atom. The van der Waals surface area contributed by atoms with E-state index in [9.17, 15) is 5.11 Å². The summed E-state index contributed by atoms with van der Waals surface area (Å²) < 4.78 is 11.1. The number of anilines is 4. The molecule has 3 aliphatic rings. The highest BCUT2D eigenvalue weighted by molar-refractivity contribution is 5.78. The summed E-state index contributed by atoms with van der Waals surface area (Å²) >= 11 is 0. The summed E-state index contributed by atoms with van der Waals surface area (Å²) in [5.41, 5.74) is 9.57. The van der Waals surface area contributed by atoms with Crippen molar-refractivity contribution >= 4 is 23.0 Å². The van der Waals surface area contributed by atoms with Gasteiger partial charge < -0.3 is 40.7 Å². The molecule has 6 rings (SSSR count). The third-order valence-electron chi connectivity index (χ3n) is 9.04. The smallest absolute Gasteiger partial charge is 0.158 e. The molecule has 0 saturated carbocycles. The fourth-order valence-electron chi connectivity index (χ4n) is 6.38. The van der Waals surface area contributed by atoms with Crippen LogP contribution >= 0.6 is 0 Å². The number of nitrogens with two attached hydrogens (primary N) is 1. The van der Waals surface area contributed by atoms with Gasteiger partial charge in [-0.3, -0.25) is 9.88 Å². The zero-order valence-corrected chi connectivity index (χ0v) is 25.8. The second-order valence-corrected chi connectivity index (χ2v) is 11.9. The molecule has 0 spiro atoms. The standard InChI is InChI=1S/C32H45N9O3/c1-39-15-17-41(18-16-39)25-8-13-40(14-9-25)24-5-3-22(4-6-24)35-32-29(30(33)42)37-28(26-7-12-34-21-27(26)43-2)31(38-32)36-23-10-19-44-20-11-23/h3-7,12,21,23,25,30,42H,8-11,13-20,33H2,1-2H3,(H2,35,36,38). The van der Waals surface area contributed by atoms with Crippen molar-refractivity contribution in [3.05, 3.63) is 48.4 Å². The molecule has 0 aliphatic carbocycles. The number of aliphatic hydroxyl groups excluding tert-OH is 1. The van der Waals surface area contributed by atoms with Crippen molar-refractivity contribution in [2.75, 3.05) is 82.2 Å². The van der Waals surface area contributed by atoms with E-state index in [0.717, 1.165) is 44.7 Å². The number of hydrogen-bond acceptors (Lipinski definition) is 12. The van der Waals surface area contributed by atoms with Gasteiger partial charge in [0.2, 0.25) is 0 Å². The Morgan fingerprint density at radius 2 is 1.68 bits per heavy atom. The predicted molar refractivity (Wildman–Crippen MR) is 172 cm³/mol. The molecule has 0 radical (unpaired) electrons. The number of methoxy groups -OCH3 is 1. The highest BCUT2D eigenvalue weighted by Gasteiger charge is 2.27. The molecule has 1 atom stereocenters. The van der Waals surface area contributed by atoms with Gasteiger partial charge in [0.25, 0.3) is 0 Å². The molecule has 5 N–H and O–H groups in total. The highest BCUT2D eigenvalue weighted by atomic mass is 16.5. The molecule has 1 aromatic carbocycles. The van der Waals surface area contributed by atoms with Crippen molar-refractivity contribution in [1.82, 2.24) is 24.8 Å². The number of likely N-dealkylation sites (N-methyl/N-ethyl adjacent to an activating group) is 1. The van der Waals surface area contributed by atoms with E-state index in [-0.39, 0.29) is 11.7 Å². The molecule has 44 heavy (non-hydrogen) atoms. The van der Waals surface area contributed by atoms with Crippen molar-refractivity contribution in [3.63, 3.8) is 0 Å². The Hall–Kier alpha value is -3.55. The molecule has 12 nitrogen and oxygen atoms in total. The van der Waals surface area contributed by atoms with E-state index in [0.29, 0.717) is 47.9 Å². The summed E-state index contributed by atoms with van der Waals surface area (Å²) in [6, 6.07) is 11.0. The Balaban J connectivity index is 1.21. The second kappa shape index (κ2) is 14.0. The first kappa shape index (κ1) is 30.5. The number of aliphatic hydroxyl groups is 1. The second-order valence-electron chi connectivity index (χ2n) is 11.9. The zero-order valence-electron chi connectivity index (χ0n) is 25.8. The molecule has 3 aromatic rings. The van der Waals surface area contributed by atoms with Crippen LogP contribution in [0.4, 0.5) is 23.0 Å². The maximum absolute atomic E-state index is 10.6. The van der Waals surface area contributed by atoms with Gasteiger partial charge in [-0.05, 0) is 63.1 Å². The van der Waals surface area contributed by atoms with Gasteiger partial charge in [0.05, 0.1) is 13.3 Å². The molecule has 0 amide bonds. The number of benzene rings is 1. The van der Waals surface area contributed by atoms with E-state index < -0.39 is 6.23 Å². The molecular formula is C32H45N9O3. The van der Waals surface area contributed by atoms with Gasteiger partial charge in [-0.2, -0.15) is 0 Å². The van der Waals surface area contributed by atoms with Crippen molar-refractivity contribution in [2.24, 2.45) is 5.73 Å². The van der Waals surface area contributed by atoms with Gasteiger partial charge in [-0.1, -0.05) is 0 Å². The number of ether oxygens (including phenoxy) is 2. The molecule has 2 aromatic heterocycles. The maximum Gasteiger partial charge on any atom is 0.158 e. The number of pyridine rings is 1. The molecule has 236 valence electrons. The normalized spacial score (nSPS) is 20.0. The topological polar surface area (TPSA) is 137 Å². The average molecular weight is 604 g/mol. The Bertz CT molecular complexity index is 1370. The van der Waals surface area contributed by atoms with Crippen molar-refractivity contribution in [2.45, 2.75) is 44.0 Å². The van der Waals surface area contributed by atoms with Crippen LogP contribution < -0.4 is 26.0 Å². The van der Waals surface area contributed by atoms with Gasteiger partial charge in [0, 0.05) is 87.7 Å². The van der Waals surface area contributed by atoms with Crippen LogP contribution in [-0.4, -0.2) is 109 Å². The summed E-state index contributed by atoms with van der Waals surface area (Å²) in [7, 11) is 3.80. The molecule has 0 bridgehead atoms.